The third-order valence-electron chi connectivity index (χ3n) is 8.85. The number of nitrogens with zero attached hydrogens (tertiary/aromatic N) is 4. The summed E-state index contributed by atoms with van der Waals surface area (Å²) >= 11 is 0. The molecule has 218 valence electrons. The Labute approximate surface area is 267 Å². The minimum atomic E-state index is 0.847. The smallest absolute Gasteiger partial charge is 0.138 e. The molecule has 46 heavy (non-hydrogen) atoms. The molecule has 8 rings (SSSR count). The van der Waals surface area contributed by atoms with E-state index in [2.05, 4.69) is 133 Å². The van der Waals surface area contributed by atoms with Crippen molar-refractivity contribution in [2.45, 2.75) is 0 Å². The first-order valence-corrected chi connectivity index (χ1v) is 15.2. The van der Waals surface area contributed by atoms with Crippen LogP contribution in [0, 0.1) is 0 Å². The zero-order valence-electron chi connectivity index (χ0n) is 25.3. The predicted molar refractivity (Wildman–Crippen MR) is 197 cm³/mol. The molecule has 0 aliphatic heterocycles. The SMILES string of the molecule is C=Cc1ccc2c(c1)c1cc(C=C)ccc1n2-c1cc(-c2ccnc(-n3c4ccc(C=C)cc4c4cc(C=C)ccc43)c2)ccn1. The highest BCUT2D eigenvalue weighted by atomic mass is 15.1. The minimum Gasteiger partial charge on any atom is -0.294 e. The summed E-state index contributed by atoms with van der Waals surface area (Å²) in [6.07, 6.45) is 11.3. The van der Waals surface area contributed by atoms with Crippen LogP contribution in [0.2, 0.25) is 0 Å². The molecule has 4 aromatic heterocycles. The van der Waals surface area contributed by atoms with Crippen molar-refractivity contribution >= 4 is 67.9 Å². The highest BCUT2D eigenvalue weighted by Gasteiger charge is 2.17. The third-order valence-corrected chi connectivity index (χ3v) is 8.85. The molecule has 4 nitrogen and oxygen atoms in total. The highest BCUT2D eigenvalue weighted by Crippen LogP contribution is 2.36. The molecule has 0 radical (unpaired) electrons. The highest BCUT2D eigenvalue weighted by molar-refractivity contribution is 6.11. The third kappa shape index (κ3) is 4.23. The number of hydrogen-bond acceptors (Lipinski definition) is 2. The van der Waals surface area contributed by atoms with E-state index in [1.165, 1.54) is 0 Å². The molecule has 8 aromatic rings. The lowest BCUT2D eigenvalue weighted by Gasteiger charge is -2.11. The fourth-order valence-electron chi connectivity index (χ4n) is 6.56. The van der Waals surface area contributed by atoms with Crippen molar-refractivity contribution < 1.29 is 0 Å². The van der Waals surface area contributed by atoms with Crippen molar-refractivity contribution in [2.24, 2.45) is 0 Å². The van der Waals surface area contributed by atoms with E-state index in [1.54, 1.807) is 0 Å². The van der Waals surface area contributed by atoms with Crippen molar-refractivity contribution in [1.29, 1.82) is 0 Å². The van der Waals surface area contributed by atoms with Gasteiger partial charge >= 0.3 is 0 Å². The van der Waals surface area contributed by atoms with Crippen molar-refractivity contribution in [2.75, 3.05) is 0 Å². The zero-order valence-corrected chi connectivity index (χ0v) is 25.3. The van der Waals surface area contributed by atoms with Gasteiger partial charge in [0.15, 0.2) is 0 Å². The number of hydrogen-bond donors (Lipinski definition) is 0. The predicted octanol–water partition coefficient (Wildman–Crippen LogP) is 10.9. The van der Waals surface area contributed by atoms with Gasteiger partial charge in [0.05, 0.1) is 22.1 Å². The van der Waals surface area contributed by atoms with Crippen molar-refractivity contribution in [3.63, 3.8) is 0 Å². The number of rotatable bonds is 7. The average molecular weight is 591 g/mol. The van der Waals surface area contributed by atoms with Gasteiger partial charge in [0, 0.05) is 33.9 Å². The maximum absolute atomic E-state index is 4.87. The molecule has 0 atom stereocenters. The Hall–Kier alpha value is -6.26. The Morgan fingerprint density at radius 2 is 0.696 bits per heavy atom. The van der Waals surface area contributed by atoms with Gasteiger partial charge in [-0.3, -0.25) is 9.13 Å². The van der Waals surface area contributed by atoms with Crippen LogP contribution < -0.4 is 0 Å². The summed E-state index contributed by atoms with van der Waals surface area (Å²) < 4.78 is 4.47. The molecule has 0 bridgehead atoms. The van der Waals surface area contributed by atoms with Crippen LogP contribution in [0.15, 0.2) is 136 Å². The summed E-state index contributed by atoms with van der Waals surface area (Å²) in [6, 6.07) is 34.2. The number of pyridine rings is 2. The van der Waals surface area contributed by atoms with Gasteiger partial charge in [-0.05, 0) is 106 Å². The van der Waals surface area contributed by atoms with E-state index in [9.17, 15) is 0 Å². The quantitative estimate of drug-likeness (QED) is 0.185. The van der Waals surface area contributed by atoms with Crippen LogP contribution in [-0.2, 0) is 0 Å². The Morgan fingerprint density at radius 3 is 0.978 bits per heavy atom. The summed E-state index contributed by atoms with van der Waals surface area (Å²) in [6.45, 7) is 15.9. The second kappa shape index (κ2) is 10.7. The van der Waals surface area contributed by atoms with Gasteiger partial charge in [0.2, 0.25) is 0 Å². The van der Waals surface area contributed by atoms with Crippen LogP contribution in [0.3, 0.4) is 0 Å². The first-order chi connectivity index (χ1) is 22.6. The van der Waals surface area contributed by atoms with Crippen LogP contribution in [0.4, 0.5) is 0 Å². The second-order valence-electron chi connectivity index (χ2n) is 11.4. The number of benzene rings is 4. The van der Waals surface area contributed by atoms with Gasteiger partial charge in [0.1, 0.15) is 11.6 Å². The lowest BCUT2D eigenvalue weighted by Crippen LogP contribution is -1.99. The van der Waals surface area contributed by atoms with Crippen LogP contribution >= 0.6 is 0 Å². The minimum absolute atomic E-state index is 0.847. The first kappa shape index (κ1) is 27.3. The zero-order chi connectivity index (χ0) is 31.4. The molecule has 0 N–H and O–H groups in total. The van der Waals surface area contributed by atoms with E-state index in [0.717, 1.165) is 88.6 Å². The molecule has 4 aromatic carbocycles. The molecule has 0 fully saturated rings. The van der Waals surface area contributed by atoms with E-state index in [-0.39, 0.29) is 0 Å². The number of aromatic nitrogens is 4. The maximum atomic E-state index is 4.87. The molecular formula is C42H30N4. The first-order valence-electron chi connectivity index (χ1n) is 15.2. The van der Waals surface area contributed by atoms with Crippen molar-refractivity contribution in [1.82, 2.24) is 19.1 Å². The average Bonchev–Trinajstić information content (AvgIpc) is 3.62. The molecule has 0 spiro atoms. The van der Waals surface area contributed by atoms with Gasteiger partial charge in [-0.15, -0.1) is 0 Å². The normalized spacial score (nSPS) is 11.4. The van der Waals surface area contributed by atoms with Gasteiger partial charge in [-0.25, -0.2) is 9.97 Å². The lowest BCUT2D eigenvalue weighted by atomic mass is 10.1. The standard InChI is InChI=1S/C42H30N4/c1-5-27-9-13-37-33(21-27)34-22-28(6-2)10-14-38(34)45(37)41-25-31(17-19-43-41)32-18-20-44-42(26-32)46-39-15-11-29(7-3)23-35(39)36-24-30(8-4)12-16-40(36)46/h5-26H,1-4H2. The topological polar surface area (TPSA) is 35.6 Å². The van der Waals surface area contributed by atoms with E-state index in [4.69, 9.17) is 9.97 Å². The van der Waals surface area contributed by atoms with Crippen molar-refractivity contribution in [3.05, 3.63) is 158 Å². The Bertz CT molecular complexity index is 2250. The van der Waals surface area contributed by atoms with Gasteiger partial charge in [-0.2, -0.15) is 0 Å². The second-order valence-corrected chi connectivity index (χ2v) is 11.4. The fourth-order valence-corrected chi connectivity index (χ4v) is 6.56. The molecular weight excluding hydrogens is 560 g/mol. The van der Waals surface area contributed by atoms with Gasteiger partial charge in [0.25, 0.3) is 0 Å². The van der Waals surface area contributed by atoms with E-state index in [0.29, 0.717) is 0 Å². The Kier molecular flexibility index (Phi) is 6.36. The van der Waals surface area contributed by atoms with Gasteiger partial charge < -0.3 is 0 Å². The summed E-state index contributed by atoms with van der Waals surface area (Å²) in [4.78, 5) is 9.73. The summed E-state index contributed by atoms with van der Waals surface area (Å²) in [5.41, 5.74) is 10.8. The maximum Gasteiger partial charge on any atom is 0.138 e. The van der Waals surface area contributed by atoms with Gasteiger partial charge in [-0.1, -0.05) is 74.9 Å². The molecule has 4 heterocycles. The van der Waals surface area contributed by atoms with E-state index < -0.39 is 0 Å². The molecule has 0 unspecified atom stereocenters. The van der Waals surface area contributed by atoms with E-state index >= 15 is 0 Å². The molecule has 0 amide bonds. The van der Waals surface area contributed by atoms with Crippen LogP contribution in [0.5, 0.6) is 0 Å². The fraction of sp³-hybridized carbons (Fsp3) is 0. The molecule has 0 aliphatic carbocycles. The van der Waals surface area contributed by atoms with E-state index in [1.807, 2.05) is 36.7 Å². The largest absolute Gasteiger partial charge is 0.294 e. The van der Waals surface area contributed by atoms with Crippen LogP contribution in [-0.4, -0.2) is 19.1 Å². The lowest BCUT2D eigenvalue weighted by molar-refractivity contribution is 1.07. The molecule has 0 saturated carbocycles. The Morgan fingerprint density at radius 1 is 0.391 bits per heavy atom. The number of fused-ring (bicyclic) bond motifs is 6. The summed E-state index contributed by atoms with van der Waals surface area (Å²) in [7, 11) is 0. The Balaban J connectivity index is 1.31. The molecule has 0 aliphatic rings. The van der Waals surface area contributed by atoms with Crippen LogP contribution in [0.25, 0.3) is 90.7 Å². The summed E-state index contributed by atoms with van der Waals surface area (Å²) in [5.74, 6) is 1.69. The summed E-state index contributed by atoms with van der Waals surface area (Å²) in [5, 5.41) is 4.61. The molecule has 0 saturated heterocycles. The monoisotopic (exact) mass is 590 g/mol. The van der Waals surface area contributed by atoms with Crippen LogP contribution in [0.1, 0.15) is 22.3 Å². The molecule has 4 heteroatoms. The van der Waals surface area contributed by atoms with Crippen molar-refractivity contribution in [3.8, 4) is 22.8 Å².